The van der Waals surface area contributed by atoms with Gasteiger partial charge in [-0.2, -0.15) is 0 Å². The van der Waals surface area contributed by atoms with Crippen LogP contribution in [-0.2, 0) is 30.6 Å². The molecule has 8 nitrogen and oxygen atoms in total. The van der Waals surface area contributed by atoms with Crippen LogP contribution in [0.3, 0.4) is 0 Å². The smallest absolute Gasteiger partial charge is 0.287 e. The van der Waals surface area contributed by atoms with Crippen molar-refractivity contribution in [2.75, 3.05) is 6.54 Å². The van der Waals surface area contributed by atoms with Crippen molar-refractivity contribution < 1.29 is 14.0 Å². The molecule has 0 aliphatic carbocycles. The number of rotatable bonds is 8. The van der Waals surface area contributed by atoms with E-state index >= 15 is 0 Å². The van der Waals surface area contributed by atoms with E-state index in [2.05, 4.69) is 25.4 Å². The lowest BCUT2D eigenvalue weighted by Crippen LogP contribution is -2.48. The fourth-order valence-electron chi connectivity index (χ4n) is 3.85. The highest BCUT2D eigenvalue weighted by Crippen LogP contribution is 2.14. The van der Waals surface area contributed by atoms with Gasteiger partial charge >= 0.3 is 0 Å². The topological polar surface area (TPSA) is 102 Å². The predicted octanol–water partition coefficient (Wildman–Crippen LogP) is 2.30. The van der Waals surface area contributed by atoms with E-state index in [1.165, 1.54) is 12.7 Å². The Morgan fingerprint density at radius 2 is 1.94 bits per heavy atom. The summed E-state index contributed by atoms with van der Waals surface area (Å²) in [5, 5.41) is 14.4. The average Bonchev–Trinajstić information content (AvgIpc) is 3.39. The van der Waals surface area contributed by atoms with Crippen molar-refractivity contribution >= 4 is 11.8 Å². The zero-order valence-corrected chi connectivity index (χ0v) is 17.4. The van der Waals surface area contributed by atoms with Gasteiger partial charge in [0.1, 0.15) is 17.7 Å². The van der Waals surface area contributed by atoms with Gasteiger partial charge in [0.25, 0.3) is 5.91 Å². The SMILES string of the molecule is O=C(NC(Cc1ccccc1)C(=O)NCCc1nnc2n1CCCCC2)c1ccco1. The Labute approximate surface area is 181 Å². The van der Waals surface area contributed by atoms with E-state index in [4.69, 9.17) is 4.42 Å². The standard InChI is InChI=1S/C23H27N5O3/c29-22(24-13-12-21-27-26-20-11-5-2-6-14-28(20)21)18(16-17-8-3-1-4-9-17)25-23(30)19-10-7-15-31-19/h1,3-4,7-10,15,18H,2,5-6,11-14,16H2,(H,24,29)(H,25,30). The molecule has 2 aromatic heterocycles. The summed E-state index contributed by atoms with van der Waals surface area (Å²) < 4.78 is 7.34. The first-order chi connectivity index (χ1) is 15.2. The van der Waals surface area contributed by atoms with Crippen LogP contribution >= 0.6 is 0 Å². The quantitative estimate of drug-likeness (QED) is 0.581. The normalized spacial score (nSPS) is 14.3. The first-order valence-corrected chi connectivity index (χ1v) is 10.8. The molecule has 4 rings (SSSR count). The maximum Gasteiger partial charge on any atom is 0.287 e. The molecule has 2 N–H and O–H groups in total. The molecule has 1 aliphatic rings. The molecule has 162 valence electrons. The zero-order valence-electron chi connectivity index (χ0n) is 17.4. The zero-order chi connectivity index (χ0) is 21.5. The van der Waals surface area contributed by atoms with Crippen molar-refractivity contribution in [3.05, 3.63) is 71.7 Å². The van der Waals surface area contributed by atoms with Crippen LogP contribution in [0.5, 0.6) is 0 Å². The van der Waals surface area contributed by atoms with Gasteiger partial charge in [-0.3, -0.25) is 9.59 Å². The number of aromatic nitrogens is 3. The summed E-state index contributed by atoms with van der Waals surface area (Å²) in [6.45, 7) is 1.36. The van der Waals surface area contributed by atoms with Gasteiger partial charge in [-0.25, -0.2) is 0 Å². The largest absolute Gasteiger partial charge is 0.459 e. The summed E-state index contributed by atoms with van der Waals surface area (Å²) in [4.78, 5) is 25.4. The van der Waals surface area contributed by atoms with E-state index in [1.54, 1.807) is 12.1 Å². The number of hydrogen-bond donors (Lipinski definition) is 2. The van der Waals surface area contributed by atoms with Crippen LogP contribution in [0, 0.1) is 0 Å². The number of furan rings is 1. The minimum absolute atomic E-state index is 0.178. The number of aryl methyl sites for hydroxylation is 1. The lowest BCUT2D eigenvalue weighted by molar-refractivity contribution is -0.122. The van der Waals surface area contributed by atoms with Crippen molar-refractivity contribution in [3.8, 4) is 0 Å². The van der Waals surface area contributed by atoms with Crippen LogP contribution in [0.2, 0.25) is 0 Å². The lowest BCUT2D eigenvalue weighted by atomic mass is 10.0. The van der Waals surface area contributed by atoms with E-state index in [9.17, 15) is 9.59 Å². The average molecular weight is 422 g/mol. The van der Waals surface area contributed by atoms with Gasteiger partial charge in [-0.1, -0.05) is 36.8 Å². The third-order valence-corrected chi connectivity index (χ3v) is 5.48. The molecule has 3 aromatic rings. The Morgan fingerprint density at radius 1 is 1.06 bits per heavy atom. The molecule has 1 aromatic carbocycles. The summed E-state index contributed by atoms with van der Waals surface area (Å²) >= 11 is 0. The fraction of sp³-hybridized carbons (Fsp3) is 0.391. The summed E-state index contributed by atoms with van der Waals surface area (Å²) in [5.41, 5.74) is 0.963. The monoisotopic (exact) mass is 421 g/mol. The third kappa shape index (κ3) is 5.39. The Hall–Kier alpha value is -3.42. The summed E-state index contributed by atoms with van der Waals surface area (Å²) in [5.74, 6) is 1.46. The lowest BCUT2D eigenvalue weighted by Gasteiger charge is -2.18. The van der Waals surface area contributed by atoms with E-state index < -0.39 is 11.9 Å². The van der Waals surface area contributed by atoms with Gasteiger partial charge in [0, 0.05) is 32.4 Å². The number of carbonyl (C=O) groups excluding carboxylic acids is 2. The van der Waals surface area contributed by atoms with Crippen LogP contribution in [0.15, 0.2) is 53.1 Å². The van der Waals surface area contributed by atoms with Crippen LogP contribution < -0.4 is 10.6 Å². The summed E-state index contributed by atoms with van der Waals surface area (Å²) in [6.07, 6.45) is 6.85. The van der Waals surface area contributed by atoms with Gasteiger partial charge in [-0.15, -0.1) is 10.2 Å². The van der Waals surface area contributed by atoms with Crippen molar-refractivity contribution in [2.24, 2.45) is 0 Å². The molecular weight excluding hydrogens is 394 g/mol. The van der Waals surface area contributed by atoms with E-state index in [0.717, 1.165) is 43.0 Å². The second kappa shape index (κ2) is 10.1. The van der Waals surface area contributed by atoms with Crippen molar-refractivity contribution in [1.29, 1.82) is 0 Å². The van der Waals surface area contributed by atoms with Gasteiger partial charge in [0.05, 0.1) is 6.26 Å². The van der Waals surface area contributed by atoms with Crippen molar-refractivity contribution in [3.63, 3.8) is 0 Å². The molecule has 3 heterocycles. The first-order valence-electron chi connectivity index (χ1n) is 10.8. The van der Waals surface area contributed by atoms with Gasteiger partial charge in [0.15, 0.2) is 5.76 Å². The second-order valence-electron chi connectivity index (χ2n) is 7.73. The summed E-state index contributed by atoms with van der Waals surface area (Å²) in [7, 11) is 0. The maximum atomic E-state index is 12.9. The minimum atomic E-state index is -0.712. The Balaban J connectivity index is 1.38. The first kappa shape index (κ1) is 20.8. The molecular formula is C23H27N5O3. The number of carbonyl (C=O) groups is 2. The number of hydrogen-bond acceptors (Lipinski definition) is 5. The molecule has 0 spiro atoms. The molecule has 1 atom stereocenters. The molecule has 0 fully saturated rings. The third-order valence-electron chi connectivity index (χ3n) is 5.48. The minimum Gasteiger partial charge on any atom is -0.459 e. The maximum absolute atomic E-state index is 12.9. The second-order valence-corrected chi connectivity index (χ2v) is 7.73. The number of amides is 2. The highest BCUT2D eigenvalue weighted by molar-refractivity contribution is 5.95. The number of nitrogens with one attached hydrogen (secondary N) is 2. The van der Waals surface area contributed by atoms with Crippen LogP contribution in [0.4, 0.5) is 0 Å². The summed E-state index contributed by atoms with van der Waals surface area (Å²) in [6, 6.07) is 12.1. The number of benzene rings is 1. The van der Waals surface area contributed by atoms with Gasteiger partial charge in [0.2, 0.25) is 5.91 Å². The Bertz CT molecular complexity index is 998. The molecule has 0 saturated carbocycles. The predicted molar refractivity (Wildman–Crippen MR) is 114 cm³/mol. The molecule has 31 heavy (non-hydrogen) atoms. The Morgan fingerprint density at radius 3 is 2.74 bits per heavy atom. The van der Waals surface area contributed by atoms with E-state index in [1.807, 2.05) is 30.3 Å². The highest BCUT2D eigenvalue weighted by Gasteiger charge is 2.23. The van der Waals surface area contributed by atoms with Crippen LogP contribution in [0.25, 0.3) is 0 Å². The van der Waals surface area contributed by atoms with Crippen LogP contribution in [-0.4, -0.2) is 39.2 Å². The molecule has 8 heteroatoms. The van der Waals surface area contributed by atoms with Gasteiger partial charge in [-0.05, 0) is 30.5 Å². The highest BCUT2D eigenvalue weighted by atomic mass is 16.3. The molecule has 0 saturated heterocycles. The van der Waals surface area contributed by atoms with Crippen molar-refractivity contribution in [2.45, 2.75) is 51.1 Å². The molecule has 1 unspecified atom stereocenters. The molecule has 2 amide bonds. The van der Waals surface area contributed by atoms with Crippen LogP contribution in [0.1, 0.15) is 47.0 Å². The van der Waals surface area contributed by atoms with Crippen molar-refractivity contribution in [1.82, 2.24) is 25.4 Å². The number of nitrogens with zero attached hydrogens (tertiary/aromatic N) is 3. The van der Waals surface area contributed by atoms with E-state index in [-0.39, 0.29) is 11.7 Å². The number of fused-ring (bicyclic) bond motifs is 1. The van der Waals surface area contributed by atoms with Gasteiger partial charge < -0.3 is 19.6 Å². The Kier molecular flexibility index (Phi) is 6.76. The van der Waals surface area contributed by atoms with E-state index in [0.29, 0.717) is 19.4 Å². The molecule has 1 aliphatic heterocycles. The fourth-order valence-corrected chi connectivity index (χ4v) is 3.85. The molecule has 0 bridgehead atoms. The molecule has 0 radical (unpaired) electrons.